The minimum atomic E-state index is 0.337. The van der Waals surface area contributed by atoms with Gasteiger partial charge in [0, 0.05) is 25.6 Å². The van der Waals surface area contributed by atoms with Crippen LogP contribution in [-0.4, -0.2) is 18.2 Å². The largest absolute Gasteiger partial charge is 0.381 e. The second-order valence-corrected chi connectivity index (χ2v) is 11.3. The van der Waals surface area contributed by atoms with Crippen molar-refractivity contribution in [3.8, 4) is 0 Å². The Morgan fingerprint density at radius 3 is 2.80 bits per heavy atom. The zero-order valence-electron chi connectivity index (χ0n) is 19.4. The van der Waals surface area contributed by atoms with Crippen molar-refractivity contribution in [1.29, 1.82) is 0 Å². The summed E-state index contributed by atoms with van der Waals surface area (Å²) in [5.74, 6) is 4.38. The lowest BCUT2D eigenvalue weighted by Crippen LogP contribution is -2.54. The molecule has 164 valence electrons. The van der Waals surface area contributed by atoms with Gasteiger partial charge in [-0.25, -0.2) is 0 Å². The van der Waals surface area contributed by atoms with Gasteiger partial charge in [-0.3, -0.25) is 4.98 Å². The van der Waals surface area contributed by atoms with Crippen molar-refractivity contribution in [2.75, 3.05) is 13.2 Å². The van der Waals surface area contributed by atoms with Gasteiger partial charge in [-0.05, 0) is 96.1 Å². The molecule has 1 aromatic rings. The van der Waals surface area contributed by atoms with Gasteiger partial charge >= 0.3 is 0 Å². The molecule has 2 heteroatoms. The normalized spacial score (nSPS) is 43.2. The van der Waals surface area contributed by atoms with E-state index in [1.165, 1.54) is 63.4 Å². The third-order valence-electron chi connectivity index (χ3n) is 10.1. The molecular formula is C28H41NO. The molecule has 2 heterocycles. The molecule has 1 saturated heterocycles. The van der Waals surface area contributed by atoms with Crippen molar-refractivity contribution in [2.45, 2.75) is 78.6 Å². The van der Waals surface area contributed by atoms with E-state index >= 15 is 0 Å². The Kier molecular flexibility index (Phi) is 5.58. The molecule has 3 aliphatic carbocycles. The highest BCUT2D eigenvalue weighted by atomic mass is 16.5. The summed E-state index contributed by atoms with van der Waals surface area (Å²) in [6, 6.07) is 4.39. The highest BCUT2D eigenvalue weighted by Gasteiger charge is 2.59. The summed E-state index contributed by atoms with van der Waals surface area (Å²) in [4.78, 5) is 4.45. The fourth-order valence-electron chi connectivity index (χ4n) is 8.63. The van der Waals surface area contributed by atoms with Crippen LogP contribution in [0.1, 0.15) is 84.1 Å². The van der Waals surface area contributed by atoms with E-state index in [2.05, 4.69) is 50.2 Å². The summed E-state index contributed by atoms with van der Waals surface area (Å²) in [6.07, 6.45) is 18.9. The number of pyridine rings is 1. The molecular weight excluding hydrogens is 366 g/mol. The molecule has 1 aromatic heterocycles. The van der Waals surface area contributed by atoms with Crippen LogP contribution in [0.2, 0.25) is 0 Å². The third kappa shape index (κ3) is 3.20. The van der Waals surface area contributed by atoms with E-state index in [-0.39, 0.29) is 0 Å². The van der Waals surface area contributed by atoms with Crippen LogP contribution in [-0.2, 0) is 4.74 Å². The number of hydrogen-bond acceptors (Lipinski definition) is 2. The standard InChI is InChI=1S/C28H41NO/c1-4-5-7-20-18-22-25-10-9-23(21-8-6-15-29-19-21)27(25,2)13-11-26(22)28(3)14-17-30-16-12-24(20)28/h6,8-9,15,19-20,22,24-26H,4-5,7,10-14,16-18H2,1-3H3. The van der Waals surface area contributed by atoms with Crippen LogP contribution < -0.4 is 0 Å². The van der Waals surface area contributed by atoms with E-state index in [9.17, 15) is 0 Å². The van der Waals surface area contributed by atoms with Gasteiger partial charge in [-0.15, -0.1) is 0 Å². The van der Waals surface area contributed by atoms with Gasteiger partial charge in [0.25, 0.3) is 0 Å². The highest BCUT2D eigenvalue weighted by Crippen LogP contribution is 2.68. The number of fused-ring (bicyclic) bond motifs is 5. The molecule has 0 bridgehead atoms. The van der Waals surface area contributed by atoms with Crippen LogP contribution in [0, 0.1) is 40.4 Å². The van der Waals surface area contributed by atoms with E-state index in [1.54, 1.807) is 5.57 Å². The molecule has 0 spiro atoms. The SMILES string of the molecule is CCCCC1CC2C3CC=C(c4cccnc4)C3(C)CCC2C2(C)CCOCCC12. The Labute approximate surface area is 183 Å². The van der Waals surface area contributed by atoms with E-state index in [1.807, 2.05) is 6.20 Å². The maximum absolute atomic E-state index is 6.05. The number of allylic oxidation sites excluding steroid dienone is 2. The Morgan fingerprint density at radius 2 is 2.00 bits per heavy atom. The Hall–Kier alpha value is -1.15. The molecule has 0 N–H and O–H groups in total. The number of ether oxygens (including phenoxy) is 1. The molecule has 0 aromatic carbocycles. The quantitative estimate of drug-likeness (QED) is 0.528. The van der Waals surface area contributed by atoms with Gasteiger partial charge in [0.1, 0.15) is 0 Å². The van der Waals surface area contributed by atoms with Crippen molar-refractivity contribution in [3.63, 3.8) is 0 Å². The number of unbranched alkanes of at least 4 members (excludes halogenated alkanes) is 1. The van der Waals surface area contributed by atoms with E-state index in [0.29, 0.717) is 10.8 Å². The molecule has 30 heavy (non-hydrogen) atoms. The average molecular weight is 408 g/mol. The van der Waals surface area contributed by atoms with Crippen molar-refractivity contribution in [1.82, 2.24) is 4.98 Å². The maximum Gasteiger partial charge on any atom is 0.0471 e. The molecule has 0 amide bonds. The summed E-state index contributed by atoms with van der Waals surface area (Å²) in [5.41, 5.74) is 3.78. The summed E-state index contributed by atoms with van der Waals surface area (Å²) < 4.78 is 6.05. The predicted octanol–water partition coefficient (Wildman–Crippen LogP) is 7.16. The van der Waals surface area contributed by atoms with Gasteiger partial charge in [-0.2, -0.15) is 0 Å². The smallest absolute Gasteiger partial charge is 0.0471 e. The van der Waals surface area contributed by atoms with Crippen LogP contribution in [0.3, 0.4) is 0 Å². The first-order valence-electron chi connectivity index (χ1n) is 12.8. The van der Waals surface area contributed by atoms with Gasteiger partial charge in [0.15, 0.2) is 0 Å². The Morgan fingerprint density at radius 1 is 1.10 bits per heavy atom. The molecule has 1 aliphatic heterocycles. The lowest BCUT2D eigenvalue weighted by atomic mass is 9.44. The minimum absolute atomic E-state index is 0.337. The molecule has 4 aliphatic rings. The molecule has 0 radical (unpaired) electrons. The molecule has 7 atom stereocenters. The van der Waals surface area contributed by atoms with E-state index in [0.717, 1.165) is 42.8 Å². The fourth-order valence-corrected chi connectivity index (χ4v) is 8.63. The second kappa shape index (κ2) is 8.08. The van der Waals surface area contributed by atoms with Crippen LogP contribution in [0.15, 0.2) is 30.6 Å². The first-order chi connectivity index (χ1) is 14.6. The molecule has 7 unspecified atom stereocenters. The third-order valence-corrected chi connectivity index (χ3v) is 10.1. The fraction of sp³-hybridized carbons (Fsp3) is 0.750. The summed E-state index contributed by atoms with van der Waals surface area (Å²) >= 11 is 0. The Balaban J connectivity index is 1.47. The van der Waals surface area contributed by atoms with Gasteiger partial charge in [-0.1, -0.05) is 52.2 Å². The number of rotatable bonds is 4. The molecule has 3 fully saturated rings. The minimum Gasteiger partial charge on any atom is -0.381 e. The summed E-state index contributed by atoms with van der Waals surface area (Å²) in [5, 5.41) is 0. The van der Waals surface area contributed by atoms with Crippen LogP contribution >= 0.6 is 0 Å². The highest BCUT2D eigenvalue weighted by molar-refractivity contribution is 5.72. The number of hydrogen-bond donors (Lipinski definition) is 0. The number of nitrogens with zero attached hydrogens (tertiary/aromatic N) is 1. The lowest BCUT2D eigenvalue weighted by molar-refractivity contribution is -0.109. The van der Waals surface area contributed by atoms with Gasteiger partial charge < -0.3 is 4.74 Å². The van der Waals surface area contributed by atoms with Crippen molar-refractivity contribution >= 4 is 5.57 Å². The van der Waals surface area contributed by atoms with Gasteiger partial charge in [0.2, 0.25) is 0 Å². The topological polar surface area (TPSA) is 22.1 Å². The van der Waals surface area contributed by atoms with E-state index in [4.69, 9.17) is 4.74 Å². The number of aromatic nitrogens is 1. The molecule has 5 rings (SSSR count). The second-order valence-electron chi connectivity index (χ2n) is 11.3. The summed E-state index contributed by atoms with van der Waals surface area (Å²) in [7, 11) is 0. The van der Waals surface area contributed by atoms with E-state index < -0.39 is 0 Å². The van der Waals surface area contributed by atoms with Gasteiger partial charge in [0.05, 0.1) is 0 Å². The van der Waals surface area contributed by atoms with Crippen LogP contribution in [0.25, 0.3) is 5.57 Å². The predicted molar refractivity (Wildman–Crippen MR) is 124 cm³/mol. The monoisotopic (exact) mass is 407 g/mol. The van der Waals surface area contributed by atoms with Crippen molar-refractivity contribution in [3.05, 3.63) is 36.2 Å². The molecule has 2 nitrogen and oxygen atoms in total. The summed E-state index contributed by atoms with van der Waals surface area (Å²) in [6.45, 7) is 9.60. The van der Waals surface area contributed by atoms with Crippen LogP contribution in [0.5, 0.6) is 0 Å². The zero-order valence-corrected chi connectivity index (χ0v) is 19.4. The first kappa shape index (κ1) is 20.7. The average Bonchev–Trinajstić information content (AvgIpc) is 2.98. The maximum atomic E-state index is 6.05. The van der Waals surface area contributed by atoms with Crippen LogP contribution in [0.4, 0.5) is 0 Å². The lowest BCUT2D eigenvalue weighted by Gasteiger charge is -2.61. The van der Waals surface area contributed by atoms with Crippen molar-refractivity contribution < 1.29 is 4.74 Å². The Bertz CT molecular complexity index is 772. The molecule has 2 saturated carbocycles. The zero-order chi connectivity index (χ0) is 20.8. The first-order valence-corrected chi connectivity index (χ1v) is 12.8. The van der Waals surface area contributed by atoms with Crippen molar-refractivity contribution in [2.24, 2.45) is 40.4 Å².